The van der Waals surface area contributed by atoms with E-state index in [0.717, 1.165) is 30.6 Å². The number of ether oxygens (including phenoxy) is 4. The van der Waals surface area contributed by atoms with Crippen molar-refractivity contribution in [2.24, 2.45) is 40.7 Å². The van der Waals surface area contributed by atoms with Gasteiger partial charge in [-0.2, -0.15) is 0 Å². The van der Waals surface area contributed by atoms with Crippen molar-refractivity contribution < 1.29 is 77.1 Å². The zero-order valence-electron chi connectivity index (χ0n) is 52.0. The molecule has 87 heavy (non-hydrogen) atoms. The van der Waals surface area contributed by atoms with E-state index in [9.17, 15) is 58.2 Å². The second-order valence-corrected chi connectivity index (χ2v) is 25.2. The van der Waals surface area contributed by atoms with Crippen LogP contribution in [0.4, 0.5) is 15.3 Å². The van der Waals surface area contributed by atoms with E-state index in [1.54, 1.807) is 64.1 Å². The molecule has 5 aliphatic rings. The molecule has 8 N–H and O–H groups in total. The van der Waals surface area contributed by atoms with Gasteiger partial charge in [0.25, 0.3) is 0 Å². The fourth-order valence-corrected chi connectivity index (χ4v) is 13.5. The molecule has 0 aromatic heterocycles. The van der Waals surface area contributed by atoms with E-state index >= 15 is 0 Å². The fourth-order valence-electron chi connectivity index (χ4n) is 13.5. The SMILES string of the molecule is CCCCCCCCCCCCCC(=O)O[C@H]1[C@H](C)[C@]2(O)[C@H](C=C(COC(=O)OCc3ccc(NC(=O)[C@H](CCCNC(N)=O)NC(=O)[C@@H](NC(=O)CCCCCN4C(=O)C#CC4=O)C(C)C)cc3)C[C@@]3(O)C(=O)C(C)=C[C@H]23)[C@@H]2C(C)(C)[C@]21OC(C)=O. The van der Waals surface area contributed by atoms with Gasteiger partial charge in [0.05, 0.1) is 5.60 Å². The van der Waals surface area contributed by atoms with Gasteiger partial charge < -0.3 is 56.2 Å². The maximum absolute atomic E-state index is 14.0. The van der Waals surface area contributed by atoms with Crippen LogP contribution in [-0.2, 0) is 63.9 Å². The van der Waals surface area contributed by atoms with Crippen LogP contribution < -0.4 is 27.0 Å². The van der Waals surface area contributed by atoms with Crippen molar-refractivity contribution in [2.45, 2.75) is 219 Å². The van der Waals surface area contributed by atoms with Crippen molar-refractivity contribution in [3.8, 4) is 11.8 Å². The summed E-state index contributed by atoms with van der Waals surface area (Å²) in [6.07, 6.45) is 14.8. The Hall–Kier alpha value is -7.12. The number of esters is 2. The Morgan fingerprint density at radius 2 is 1.38 bits per heavy atom. The number of carbonyl (C=O) groups excluding carboxylic acids is 10. The van der Waals surface area contributed by atoms with E-state index in [1.807, 2.05) is 13.8 Å². The van der Waals surface area contributed by atoms with E-state index in [2.05, 4.69) is 40.0 Å². The first-order valence-corrected chi connectivity index (χ1v) is 31.2. The third kappa shape index (κ3) is 16.7. The Kier molecular flexibility index (Phi) is 24.3. The molecule has 1 aliphatic heterocycles. The highest BCUT2D eigenvalue weighted by Gasteiger charge is 2.88. The number of unbranched alkanes of at least 4 members (excludes halogenated alkanes) is 12. The number of rotatable bonds is 34. The third-order valence-corrected chi connectivity index (χ3v) is 18.2. The number of aliphatic hydroxyl groups is 2. The minimum atomic E-state index is -2.17. The molecule has 2 saturated carbocycles. The average molecular weight is 1210 g/mol. The molecule has 0 spiro atoms. The summed E-state index contributed by atoms with van der Waals surface area (Å²) in [6, 6.07) is 3.38. The molecule has 10 atom stereocenters. The molecule has 1 heterocycles. The van der Waals surface area contributed by atoms with E-state index < -0.39 is 130 Å². The first-order chi connectivity index (χ1) is 41.2. The Labute approximate surface area is 511 Å². The standard InChI is InChI=1S/C65H92N6O16/c1-9-10-11-12-13-14-15-16-17-18-21-26-53(76)86-57-42(5)64(83)47(55-62(7,8)65(55,57)87-43(6)72)36-45(37-63(82)49(64)35-41(4)56(63)77)39-85-61(81)84-38-44-27-29-46(30-28-44)68-58(78)48(24-23-33-67-60(66)80)69-59(79)54(40(2)3)70-50(73)25-20-19-22-34-71-51(74)31-32-52(71)75/h27-30,35-36,40,42,47-49,54-55,57,82-83H,9-26,33-34,37-39H2,1-8H3,(H,68,78)(H,69,79)(H,70,73)(H3,66,67,80)/t42-,47+,48-,49-,54-,55+,57-,63-,64-,65-/m0/s1. The van der Waals surface area contributed by atoms with Gasteiger partial charge in [0.15, 0.2) is 11.4 Å². The molecular formula is C65H92N6O16. The number of nitrogens with one attached hydrogen (secondary N) is 4. The number of anilines is 1. The lowest BCUT2D eigenvalue weighted by atomic mass is 9.59. The zero-order chi connectivity index (χ0) is 63.9. The highest BCUT2D eigenvalue weighted by molar-refractivity contribution is 6.18. The first kappa shape index (κ1) is 69.0. The monoisotopic (exact) mass is 1210 g/mol. The van der Waals surface area contributed by atoms with Gasteiger partial charge in [-0.25, -0.2) is 9.59 Å². The quantitative estimate of drug-likeness (QED) is 0.00907. The van der Waals surface area contributed by atoms with Crippen molar-refractivity contribution in [3.63, 3.8) is 0 Å². The van der Waals surface area contributed by atoms with E-state index in [-0.39, 0.29) is 63.3 Å². The summed E-state index contributed by atoms with van der Waals surface area (Å²) in [5.41, 5.74) is 0.235. The number of Topliss-reactive ketones (excluding diaryl/α,β-unsaturated/α-hetero) is 1. The lowest BCUT2D eigenvalue weighted by molar-refractivity contribution is -0.228. The summed E-state index contributed by atoms with van der Waals surface area (Å²) >= 11 is 0. The molecule has 2 fully saturated rings. The van der Waals surface area contributed by atoms with Crippen molar-refractivity contribution in [3.05, 3.63) is 53.1 Å². The normalized spacial score (nSPS) is 25.4. The van der Waals surface area contributed by atoms with Gasteiger partial charge in [0, 0.05) is 85.9 Å². The number of carbonyl (C=O) groups is 10. The number of hydrogen-bond acceptors (Lipinski definition) is 16. The second-order valence-electron chi connectivity index (χ2n) is 25.2. The van der Waals surface area contributed by atoms with Gasteiger partial charge in [0.1, 0.15) is 37.0 Å². The minimum absolute atomic E-state index is 0.0696. The van der Waals surface area contributed by atoms with Crippen molar-refractivity contribution in [2.75, 3.05) is 25.0 Å². The summed E-state index contributed by atoms with van der Waals surface area (Å²) in [4.78, 5) is 130. The summed E-state index contributed by atoms with van der Waals surface area (Å²) in [5, 5.41) is 36.5. The molecule has 0 radical (unpaired) electrons. The molecule has 478 valence electrons. The van der Waals surface area contributed by atoms with E-state index in [0.29, 0.717) is 42.5 Å². The molecular weight excluding hydrogens is 1120 g/mol. The predicted molar refractivity (Wildman–Crippen MR) is 320 cm³/mol. The summed E-state index contributed by atoms with van der Waals surface area (Å²) in [6.45, 7) is 13.5. The number of nitrogens with zero attached hydrogens (tertiary/aromatic N) is 1. The lowest BCUT2D eigenvalue weighted by Crippen LogP contribution is -2.66. The predicted octanol–water partition coefficient (Wildman–Crippen LogP) is 7.06. The molecule has 4 aliphatic carbocycles. The molecule has 6 rings (SSSR count). The number of primary amides is 1. The van der Waals surface area contributed by atoms with Crippen LogP contribution in [0.5, 0.6) is 0 Å². The number of fused-ring (bicyclic) bond motifs is 5. The first-order valence-electron chi connectivity index (χ1n) is 31.2. The largest absolute Gasteiger partial charge is 0.508 e. The van der Waals surface area contributed by atoms with Crippen LogP contribution >= 0.6 is 0 Å². The molecule has 22 heteroatoms. The number of nitrogens with two attached hydrogens (primary N) is 1. The molecule has 0 saturated heterocycles. The van der Waals surface area contributed by atoms with Gasteiger partial charge in [-0.1, -0.05) is 136 Å². The van der Waals surface area contributed by atoms with Gasteiger partial charge >= 0.3 is 35.9 Å². The lowest BCUT2D eigenvalue weighted by Gasteiger charge is -2.53. The van der Waals surface area contributed by atoms with Crippen LogP contribution in [0.1, 0.15) is 183 Å². The summed E-state index contributed by atoms with van der Waals surface area (Å²) in [5.74, 6) is -4.10. The highest BCUT2D eigenvalue weighted by Crippen LogP contribution is 2.77. The van der Waals surface area contributed by atoms with Crippen molar-refractivity contribution in [1.82, 2.24) is 20.9 Å². The van der Waals surface area contributed by atoms with Crippen LogP contribution in [0.25, 0.3) is 0 Å². The summed E-state index contributed by atoms with van der Waals surface area (Å²) in [7, 11) is 0. The van der Waals surface area contributed by atoms with Crippen LogP contribution in [0.15, 0.2) is 47.6 Å². The Bertz CT molecular complexity index is 2820. The second kappa shape index (κ2) is 30.7. The Balaban J connectivity index is 1.06. The van der Waals surface area contributed by atoms with Crippen molar-refractivity contribution in [1.29, 1.82) is 0 Å². The molecule has 7 amide bonds. The number of ketones is 1. The fraction of sp³-hybridized carbons (Fsp3) is 0.662. The minimum Gasteiger partial charge on any atom is -0.458 e. The highest BCUT2D eigenvalue weighted by atomic mass is 16.7. The maximum Gasteiger partial charge on any atom is 0.508 e. The molecule has 0 unspecified atom stereocenters. The van der Waals surface area contributed by atoms with Crippen LogP contribution in [0.2, 0.25) is 0 Å². The average Bonchev–Trinajstić information content (AvgIpc) is 1.47. The summed E-state index contributed by atoms with van der Waals surface area (Å²) < 4.78 is 23.7. The zero-order valence-corrected chi connectivity index (χ0v) is 52.0. The van der Waals surface area contributed by atoms with Crippen LogP contribution in [0, 0.1) is 46.8 Å². The van der Waals surface area contributed by atoms with Crippen LogP contribution in [-0.4, -0.2) is 129 Å². The number of hydrogen-bond donors (Lipinski definition) is 7. The smallest absolute Gasteiger partial charge is 0.458 e. The van der Waals surface area contributed by atoms with Gasteiger partial charge in [-0.15, -0.1) is 0 Å². The number of imide groups is 1. The number of amides is 7. The molecule has 1 aromatic carbocycles. The molecule has 0 bridgehead atoms. The van der Waals surface area contributed by atoms with Gasteiger partial charge in [-0.3, -0.25) is 43.3 Å². The number of urea groups is 1. The van der Waals surface area contributed by atoms with Gasteiger partial charge in [-0.05, 0) is 73.8 Å². The third-order valence-electron chi connectivity index (χ3n) is 18.2. The molecule has 22 nitrogen and oxygen atoms in total. The Morgan fingerprint density at radius 3 is 1.99 bits per heavy atom. The van der Waals surface area contributed by atoms with Gasteiger partial charge in [0.2, 0.25) is 17.7 Å². The topological polar surface area (TPSA) is 325 Å². The number of benzene rings is 1. The van der Waals surface area contributed by atoms with Crippen LogP contribution in [0.3, 0.4) is 0 Å². The van der Waals surface area contributed by atoms with Crippen molar-refractivity contribution >= 4 is 65.1 Å². The molecule has 1 aromatic rings. The maximum atomic E-state index is 14.0. The Morgan fingerprint density at radius 1 is 0.782 bits per heavy atom. The van der Waals surface area contributed by atoms with E-state index in [4.69, 9.17) is 24.7 Å². The van der Waals surface area contributed by atoms with E-state index in [1.165, 1.54) is 45.4 Å².